The summed E-state index contributed by atoms with van der Waals surface area (Å²) in [6, 6.07) is 1.62. The molecule has 0 radical (unpaired) electrons. The van der Waals surface area contributed by atoms with Gasteiger partial charge in [-0.3, -0.25) is 0 Å². The zero-order valence-electron chi connectivity index (χ0n) is 7.74. The number of halogens is 2. The van der Waals surface area contributed by atoms with Crippen LogP contribution in [0.4, 0.5) is 14.7 Å². The predicted molar refractivity (Wildman–Crippen MR) is 49.6 cm³/mol. The lowest BCUT2D eigenvalue weighted by molar-refractivity contribution is 0.397. The molecule has 0 aliphatic heterocycles. The maximum absolute atomic E-state index is 13.4. The highest BCUT2D eigenvalue weighted by Gasteiger charge is 2.22. The second-order valence-electron chi connectivity index (χ2n) is 3.03. The van der Waals surface area contributed by atoms with Crippen molar-refractivity contribution < 1.29 is 23.5 Å². The van der Waals surface area contributed by atoms with Crippen molar-refractivity contribution in [3.05, 3.63) is 23.8 Å². The zero-order valence-corrected chi connectivity index (χ0v) is 7.74. The molecule has 2 rings (SSSR count). The fourth-order valence-corrected chi connectivity index (χ4v) is 1.24. The van der Waals surface area contributed by atoms with Crippen LogP contribution in [0.1, 0.15) is 0 Å². The van der Waals surface area contributed by atoms with Crippen LogP contribution in [0.15, 0.2) is 16.7 Å². The molecule has 1 aromatic heterocycles. The van der Waals surface area contributed by atoms with E-state index in [0.29, 0.717) is 6.07 Å². The molecule has 1 aromatic carbocycles. The van der Waals surface area contributed by atoms with E-state index >= 15 is 0 Å². The van der Waals surface area contributed by atoms with E-state index in [1.165, 1.54) is 0 Å². The molecule has 84 valence electrons. The fraction of sp³-hybridized carbons (Fsp3) is 0. The first-order valence-corrected chi connectivity index (χ1v) is 4.13. The molecular weight excluding hydrogens is 222 g/mol. The topological polar surface area (TPSA) is 92.5 Å². The SMILES string of the molecule is Nc1cc(-c2c(F)c(O)cc(O)c2F)no1. The number of aromatic hydroxyl groups is 2. The van der Waals surface area contributed by atoms with Crippen LogP contribution in [0, 0.1) is 11.6 Å². The second kappa shape index (κ2) is 3.37. The first kappa shape index (κ1) is 10.2. The van der Waals surface area contributed by atoms with Gasteiger partial charge in [-0.25, -0.2) is 8.78 Å². The van der Waals surface area contributed by atoms with Gasteiger partial charge in [-0.2, -0.15) is 0 Å². The van der Waals surface area contributed by atoms with E-state index in [4.69, 9.17) is 15.9 Å². The number of phenolic OH excluding ortho intramolecular Hbond substituents is 2. The van der Waals surface area contributed by atoms with E-state index in [9.17, 15) is 8.78 Å². The Morgan fingerprint density at radius 1 is 1.12 bits per heavy atom. The summed E-state index contributed by atoms with van der Waals surface area (Å²) in [5.74, 6) is -4.42. The number of anilines is 1. The van der Waals surface area contributed by atoms with Crippen LogP contribution in [0.2, 0.25) is 0 Å². The zero-order chi connectivity index (χ0) is 11.9. The smallest absolute Gasteiger partial charge is 0.222 e. The summed E-state index contributed by atoms with van der Waals surface area (Å²) in [6.45, 7) is 0. The summed E-state index contributed by atoms with van der Waals surface area (Å²) in [6.07, 6.45) is 0. The summed E-state index contributed by atoms with van der Waals surface area (Å²) >= 11 is 0. The summed E-state index contributed by atoms with van der Waals surface area (Å²) in [4.78, 5) is 0. The van der Waals surface area contributed by atoms with E-state index in [-0.39, 0.29) is 11.6 Å². The Bertz CT molecular complexity index is 528. The molecule has 0 spiro atoms. The van der Waals surface area contributed by atoms with E-state index in [1.54, 1.807) is 0 Å². The normalized spacial score (nSPS) is 10.6. The summed E-state index contributed by atoms with van der Waals surface area (Å²) < 4.78 is 31.3. The lowest BCUT2D eigenvalue weighted by Crippen LogP contribution is -1.91. The fourth-order valence-electron chi connectivity index (χ4n) is 1.24. The molecule has 16 heavy (non-hydrogen) atoms. The number of nitrogen functional groups attached to an aromatic ring is 1. The predicted octanol–water partition coefficient (Wildman–Crippen LogP) is 1.61. The molecule has 2 aromatic rings. The first-order valence-electron chi connectivity index (χ1n) is 4.13. The molecule has 4 N–H and O–H groups in total. The molecule has 0 amide bonds. The number of hydrogen-bond donors (Lipinski definition) is 3. The summed E-state index contributed by atoms with van der Waals surface area (Å²) in [7, 11) is 0. The Labute approximate surface area is 87.7 Å². The van der Waals surface area contributed by atoms with E-state index in [0.717, 1.165) is 6.07 Å². The minimum Gasteiger partial charge on any atom is -0.505 e. The van der Waals surface area contributed by atoms with Gasteiger partial charge in [0, 0.05) is 12.1 Å². The monoisotopic (exact) mass is 228 g/mol. The number of nitrogens with two attached hydrogens (primary N) is 1. The third-order valence-electron chi connectivity index (χ3n) is 1.95. The number of aromatic nitrogens is 1. The Morgan fingerprint density at radius 2 is 1.69 bits per heavy atom. The van der Waals surface area contributed by atoms with E-state index in [1.807, 2.05) is 0 Å². The molecule has 0 aliphatic rings. The molecule has 0 saturated heterocycles. The van der Waals surface area contributed by atoms with Crippen LogP contribution in [0.5, 0.6) is 11.5 Å². The van der Waals surface area contributed by atoms with Crippen LogP contribution >= 0.6 is 0 Å². The largest absolute Gasteiger partial charge is 0.505 e. The Morgan fingerprint density at radius 3 is 2.12 bits per heavy atom. The van der Waals surface area contributed by atoms with Gasteiger partial charge in [-0.1, -0.05) is 5.16 Å². The van der Waals surface area contributed by atoms with Crippen molar-refractivity contribution in [1.82, 2.24) is 5.16 Å². The van der Waals surface area contributed by atoms with Gasteiger partial charge >= 0.3 is 0 Å². The lowest BCUT2D eigenvalue weighted by atomic mass is 10.1. The maximum atomic E-state index is 13.4. The highest BCUT2D eigenvalue weighted by molar-refractivity contribution is 5.67. The molecule has 1 heterocycles. The van der Waals surface area contributed by atoms with Crippen molar-refractivity contribution in [3.8, 4) is 22.8 Å². The van der Waals surface area contributed by atoms with Crippen molar-refractivity contribution >= 4 is 5.88 Å². The average molecular weight is 228 g/mol. The third-order valence-corrected chi connectivity index (χ3v) is 1.95. The third kappa shape index (κ3) is 1.42. The molecule has 7 heteroatoms. The summed E-state index contributed by atoms with van der Waals surface area (Å²) in [5.41, 5.74) is 4.25. The Kier molecular flexibility index (Phi) is 2.15. The number of nitrogens with zero attached hydrogens (tertiary/aromatic N) is 1. The molecule has 5 nitrogen and oxygen atoms in total. The number of hydrogen-bond acceptors (Lipinski definition) is 5. The highest BCUT2D eigenvalue weighted by Crippen LogP contribution is 2.36. The highest BCUT2D eigenvalue weighted by atomic mass is 19.1. The van der Waals surface area contributed by atoms with Gasteiger partial charge in [0.1, 0.15) is 5.69 Å². The average Bonchev–Trinajstić information content (AvgIpc) is 2.62. The molecule has 0 fully saturated rings. The Balaban J connectivity index is 2.73. The van der Waals surface area contributed by atoms with Crippen molar-refractivity contribution in [2.75, 3.05) is 5.73 Å². The standard InChI is InChI=1S/C9H6F2N2O3/c10-8-4(14)2-5(15)9(11)7(8)3-1-6(12)16-13-3/h1-2,14-15H,12H2. The first-order chi connectivity index (χ1) is 7.50. The van der Waals surface area contributed by atoms with Crippen LogP contribution in [0.3, 0.4) is 0 Å². The summed E-state index contributed by atoms with van der Waals surface area (Å²) in [5, 5.41) is 21.5. The minimum absolute atomic E-state index is 0.142. The molecule has 0 bridgehead atoms. The van der Waals surface area contributed by atoms with Crippen molar-refractivity contribution in [2.24, 2.45) is 0 Å². The van der Waals surface area contributed by atoms with Gasteiger partial charge in [0.05, 0.1) is 5.56 Å². The van der Waals surface area contributed by atoms with Crippen molar-refractivity contribution in [3.63, 3.8) is 0 Å². The number of phenols is 2. The van der Waals surface area contributed by atoms with Crippen molar-refractivity contribution in [2.45, 2.75) is 0 Å². The van der Waals surface area contributed by atoms with Gasteiger partial charge < -0.3 is 20.5 Å². The van der Waals surface area contributed by atoms with Crippen LogP contribution in [-0.4, -0.2) is 15.4 Å². The number of rotatable bonds is 1. The molecular formula is C9H6F2N2O3. The van der Waals surface area contributed by atoms with Gasteiger partial charge in [-0.15, -0.1) is 0 Å². The van der Waals surface area contributed by atoms with Gasteiger partial charge in [0.15, 0.2) is 23.1 Å². The molecule has 0 unspecified atom stereocenters. The second-order valence-corrected chi connectivity index (χ2v) is 3.03. The van der Waals surface area contributed by atoms with Gasteiger partial charge in [-0.05, 0) is 0 Å². The maximum Gasteiger partial charge on any atom is 0.222 e. The van der Waals surface area contributed by atoms with Crippen LogP contribution in [0.25, 0.3) is 11.3 Å². The van der Waals surface area contributed by atoms with E-state index in [2.05, 4.69) is 9.68 Å². The minimum atomic E-state index is -1.25. The number of benzene rings is 1. The molecule has 0 saturated carbocycles. The van der Waals surface area contributed by atoms with Crippen LogP contribution in [-0.2, 0) is 0 Å². The Hall–Kier alpha value is -2.31. The lowest BCUT2D eigenvalue weighted by Gasteiger charge is -2.04. The van der Waals surface area contributed by atoms with E-state index < -0.39 is 28.7 Å². The molecule has 0 atom stereocenters. The van der Waals surface area contributed by atoms with Gasteiger partial charge in [0.2, 0.25) is 5.88 Å². The van der Waals surface area contributed by atoms with Crippen LogP contribution < -0.4 is 5.73 Å². The van der Waals surface area contributed by atoms with Gasteiger partial charge in [0.25, 0.3) is 0 Å². The van der Waals surface area contributed by atoms with Crippen molar-refractivity contribution in [1.29, 1.82) is 0 Å². The quantitative estimate of drug-likeness (QED) is 0.689. The molecule has 0 aliphatic carbocycles.